The van der Waals surface area contributed by atoms with Crippen LogP contribution in [0.5, 0.6) is 0 Å². The second-order valence-corrected chi connectivity index (χ2v) is 10.2. The summed E-state index contributed by atoms with van der Waals surface area (Å²) in [7, 11) is -1.60. The van der Waals surface area contributed by atoms with Gasteiger partial charge in [-0.2, -0.15) is 0 Å². The number of hydrogen-bond donors (Lipinski definition) is 0. The molecule has 120 valence electrons. The number of ether oxygens (including phenoxy) is 2. The van der Waals surface area contributed by atoms with Crippen molar-refractivity contribution in [3.05, 3.63) is 0 Å². The normalized spacial score (nSPS) is 19.2. The molecule has 0 aromatic heterocycles. The van der Waals surface area contributed by atoms with E-state index in [2.05, 4.69) is 27.7 Å². The van der Waals surface area contributed by atoms with E-state index in [0.717, 1.165) is 26.1 Å². The van der Waals surface area contributed by atoms with Gasteiger partial charge in [0, 0.05) is 6.42 Å². The van der Waals surface area contributed by atoms with Crippen molar-refractivity contribution in [2.75, 3.05) is 19.8 Å². The van der Waals surface area contributed by atoms with E-state index in [4.69, 9.17) is 13.9 Å². The summed E-state index contributed by atoms with van der Waals surface area (Å²) in [6, 6.07) is 3.82. The van der Waals surface area contributed by atoms with Crippen LogP contribution in [0.25, 0.3) is 0 Å². The molecule has 0 bridgehead atoms. The average molecular weight is 303 g/mol. The van der Waals surface area contributed by atoms with Crippen molar-refractivity contribution in [2.24, 2.45) is 0 Å². The Kier molecular flexibility index (Phi) is 8.33. The van der Waals surface area contributed by atoms with Gasteiger partial charge in [-0.05, 0) is 24.6 Å². The lowest BCUT2D eigenvalue weighted by molar-refractivity contribution is -0.280. The third kappa shape index (κ3) is 5.13. The summed E-state index contributed by atoms with van der Waals surface area (Å²) >= 11 is 0. The van der Waals surface area contributed by atoms with Crippen molar-refractivity contribution < 1.29 is 13.9 Å². The minimum absolute atomic E-state index is 0.467. The van der Waals surface area contributed by atoms with Crippen LogP contribution >= 0.6 is 0 Å². The standard InChI is InChI=1S/C16H34O3Si/c1-5-12-20(13-6-2,14-7-3)19-15-16(8-4)17-10-9-11-18-16/h5-15H2,1-4H3. The van der Waals surface area contributed by atoms with Gasteiger partial charge in [0.1, 0.15) is 0 Å². The Bertz CT molecular complexity index is 235. The molecule has 1 heterocycles. The fourth-order valence-electron chi connectivity index (χ4n) is 3.23. The summed E-state index contributed by atoms with van der Waals surface area (Å²) in [6.45, 7) is 11.2. The van der Waals surface area contributed by atoms with Gasteiger partial charge in [-0.25, -0.2) is 0 Å². The maximum absolute atomic E-state index is 6.57. The number of rotatable bonds is 10. The Balaban J connectivity index is 2.67. The first kappa shape index (κ1) is 18.1. The highest BCUT2D eigenvalue weighted by Gasteiger charge is 2.39. The van der Waals surface area contributed by atoms with E-state index in [1.165, 1.54) is 37.4 Å². The maximum Gasteiger partial charge on any atom is 0.193 e. The zero-order chi connectivity index (χ0) is 14.9. The largest absolute Gasteiger partial charge is 0.411 e. The monoisotopic (exact) mass is 302 g/mol. The van der Waals surface area contributed by atoms with E-state index < -0.39 is 14.1 Å². The van der Waals surface area contributed by atoms with E-state index in [-0.39, 0.29) is 0 Å². The van der Waals surface area contributed by atoms with Crippen molar-refractivity contribution >= 4 is 8.32 Å². The Morgan fingerprint density at radius 2 is 1.40 bits per heavy atom. The predicted octanol–water partition coefficient (Wildman–Crippen LogP) is 4.72. The summed E-state index contributed by atoms with van der Waals surface area (Å²) in [5.41, 5.74) is 0. The van der Waals surface area contributed by atoms with E-state index in [9.17, 15) is 0 Å². The Hall–Kier alpha value is 0.0969. The zero-order valence-corrected chi connectivity index (χ0v) is 15.0. The molecule has 0 aromatic rings. The summed E-state index contributed by atoms with van der Waals surface area (Å²) < 4.78 is 18.4. The number of hydrogen-bond acceptors (Lipinski definition) is 3. The molecule has 1 fully saturated rings. The van der Waals surface area contributed by atoms with Crippen LogP contribution in [0.1, 0.15) is 59.8 Å². The van der Waals surface area contributed by atoms with Crippen molar-refractivity contribution in [1.82, 2.24) is 0 Å². The minimum atomic E-state index is -1.60. The van der Waals surface area contributed by atoms with Gasteiger partial charge >= 0.3 is 0 Å². The molecular formula is C16H34O3Si. The zero-order valence-electron chi connectivity index (χ0n) is 14.0. The molecule has 1 saturated heterocycles. The molecule has 0 atom stereocenters. The van der Waals surface area contributed by atoms with Crippen LogP contribution in [0.15, 0.2) is 0 Å². The Labute approximate surface area is 126 Å². The van der Waals surface area contributed by atoms with Gasteiger partial charge in [0.15, 0.2) is 14.1 Å². The third-order valence-corrected chi connectivity index (χ3v) is 9.26. The second kappa shape index (κ2) is 9.18. The van der Waals surface area contributed by atoms with E-state index in [1.807, 2.05) is 0 Å². The fraction of sp³-hybridized carbons (Fsp3) is 1.00. The Morgan fingerprint density at radius 1 is 0.900 bits per heavy atom. The van der Waals surface area contributed by atoms with E-state index in [0.29, 0.717) is 6.61 Å². The molecule has 0 spiro atoms. The molecule has 0 amide bonds. The van der Waals surface area contributed by atoms with Gasteiger partial charge in [0.05, 0.1) is 19.8 Å². The quantitative estimate of drug-likeness (QED) is 0.546. The SMILES string of the molecule is CCC[Si](CCC)(CCC)OCC1(CC)OCCCO1. The first-order chi connectivity index (χ1) is 9.66. The molecule has 1 rings (SSSR count). The molecule has 1 aliphatic rings. The highest BCUT2D eigenvalue weighted by Crippen LogP contribution is 2.31. The topological polar surface area (TPSA) is 27.7 Å². The van der Waals surface area contributed by atoms with Crippen LogP contribution in [0.3, 0.4) is 0 Å². The van der Waals surface area contributed by atoms with Gasteiger partial charge in [0.25, 0.3) is 0 Å². The van der Waals surface area contributed by atoms with E-state index in [1.54, 1.807) is 0 Å². The van der Waals surface area contributed by atoms with Gasteiger partial charge in [-0.1, -0.05) is 47.0 Å². The van der Waals surface area contributed by atoms with Gasteiger partial charge in [0.2, 0.25) is 0 Å². The molecule has 1 aliphatic heterocycles. The molecule has 0 aliphatic carbocycles. The third-order valence-electron chi connectivity index (χ3n) is 4.27. The summed E-state index contributed by atoms with van der Waals surface area (Å²) in [5.74, 6) is -0.467. The smallest absolute Gasteiger partial charge is 0.193 e. The van der Waals surface area contributed by atoms with Crippen LogP contribution < -0.4 is 0 Å². The lowest BCUT2D eigenvalue weighted by Gasteiger charge is -2.40. The Morgan fingerprint density at radius 3 is 1.80 bits per heavy atom. The highest BCUT2D eigenvalue weighted by atomic mass is 28.4. The summed E-state index contributed by atoms with van der Waals surface area (Å²) in [6.07, 6.45) is 5.57. The summed E-state index contributed by atoms with van der Waals surface area (Å²) in [5, 5.41) is 0. The van der Waals surface area contributed by atoms with Crippen molar-refractivity contribution in [1.29, 1.82) is 0 Å². The fourth-order valence-corrected chi connectivity index (χ4v) is 7.67. The van der Waals surface area contributed by atoms with Crippen LogP contribution in [-0.2, 0) is 13.9 Å². The molecule has 3 nitrogen and oxygen atoms in total. The average Bonchev–Trinajstić information content (AvgIpc) is 2.47. The molecule has 4 heteroatoms. The molecule has 0 aromatic carbocycles. The van der Waals surface area contributed by atoms with Gasteiger partial charge in [-0.15, -0.1) is 0 Å². The van der Waals surface area contributed by atoms with Crippen molar-refractivity contribution in [3.63, 3.8) is 0 Å². The van der Waals surface area contributed by atoms with Crippen molar-refractivity contribution in [3.8, 4) is 0 Å². The van der Waals surface area contributed by atoms with Crippen molar-refractivity contribution in [2.45, 2.75) is 83.7 Å². The molecular weight excluding hydrogens is 268 g/mol. The molecule has 0 saturated carbocycles. The highest BCUT2D eigenvalue weighted by molar-refractivity contribution is 6.73. The maximum atomic E-state index is 6.57. The summed E-state index contributed by atoms with van der Waals surface area (Å²) in [4.78, 5) is 0. The first-order valence-electron chi connectivity index (χ1n) is 8.57. The van der Waals surface area contributed by atoms with Crippen LogP contribution in [0.2, 0.25) is 18.1 Å². The van der Waals surface area contributed by atoms with Gasteiger partial charge in [-0.3, -0.25) is 0 Å². The minimum Gasteiger partial charge on any atom is -0.411 e. The van der Waals surface area contributed by atoms with E-state index >= 15 is 0 Å². The first-order valence-corrected chi connectivity index (χ1v) is 11.1. The molecule has 20 heavy (non-hydrogen) atoms. The second-order valence-electron chi connectivity index (χ2n) is 6.04. The predicted molar refractivity (Wildman–Crippen MR) is 86.5 cm³/mol. The van der Waals surface area contributed by atoms with Gasteiger partial charge < -0.3 is 13.9 Å². The van der Waals surface area contributed by atoms with Crippen LogP contribution in [0.4, 0.5) is 0 Å². The molecule has 0 radical (unpaired) electrons. The van der Waals surface area contributed by atoms with Crippen LogP contribution in [0, 0.1) is 0 Å². The molecule has 0 N–H and O–H groups in total. The molecule has 0 unspecified atom stereocenters. The lowest BCUT2D eigenvalue weighted by Crippen LogP contribution is -2.49. The van der Waals surface area contributed by atoms with Crippen LogP contribution in [-0.4, -0.2) is 33.9 Å². The lowest BCUT2D eigenvalue weighted by atomic mass is 10.2.